The summed E-state index contributed by atoms with van der Waals surface area (Å²) in [5, 5.41) is 9.02. The summed E-state index contributed by atoms with van der Waals surface area (Å²) in [5.41, 5.74) is 0. The Morgan fingerprint density at radius 3 is 2.62 bits per heavy atom. The lowest BCUT2D eigenvalue weighted by Crippen LogP contribution is -2.66. The Bertz CT molecular complexity index is 174. The van der Waals surface area contributed by atoms with E-state index >= 15 is 0 Å². The maximum atomic E-state index is 9.02. The molecule has 1 N–H and O–H groups in total. The van der Waals surface area contributed by atoms with Crippen molar-refractivity contribution in [3.63, 3.8) is 0 Å². The van der Waals surface area contributed by atoms with Crippen molar-refractivity contribution in [3.05, 3.63) is 0 Å². The second kappa shape index (κ2) is 3.95. The van der Waals surface area contributed by atoms with E-state index in [1.165, 1.54) is 0 Å². The van der Waals surface area contributed by atoms with Crippen molar-refractivity contribution in [1.82, 2.24) is 4.90 Å². The van der Waals surface area contributed by atoms with Gasteiger partial charge in [-0.2, -0.15) is 0 Å². The van der Waals surface area contributed by atoms with Crippen LogP contribution >= 0.6 is 0 Å². The molecule has 1 aliphatic heterocycles. The van der Waals surface area contributed by atoms with Crippen LogP contribution in [0.5, 0.6) is 0 Å². The summed E-state index contributed by atoms with van der Waals surface area (Å²) >= 11 is 0. The van der Waals surface area contributed by atoms with Gasteiger partial charge in [0.25, 0.3) is 0 Å². The number of quaternary nitrogens is 1. The zero-order chi connectivity index (χ0) is 10.1. The van der Waals surface area contributed by atoms with Crippen LogP contribution < -0.4 is 0 Å². The first-order valence-electron chi connectivity index (χ1n) is 5.16. The highest BCUT2D eigenvalue weighted by atomic mass is 16.3. The lowest BCUT2D eigenvalue weighted by molar-refractivity contribution is -0.939. The van der Waals surface area contributed by atoms with Crippen LogP contribution in [-0.4, -0.2) is 66.9 Å². The van der Waals surface area contributed by atoms with Crippen molar-refractivity contribution in [3.8, 4) is 0 Å². The lowest BCUT2D eigenvalue weighted by Gasteiger charge is -2.49. The summed E-state index contributed by atoms with van der Waals surface area (Å²) in [7, 11) is 4.44. The average Bonchev–Trinajstić information content (AvgIpc) is 2.10. The Hall–Kier alpha value is -0.120. The summed E-state index contributed by atoms with van der Waals surface area (Å²) in [6.07, 6.45) is 0. The molecule has 13 heavy (non-hydrogen) atoms. The summed E-state index contributed by atoms with van der Waals surface area (Å²) in [6, 6.07) is 1.23. The van der Waals surface area contributed by atoms with E-state index in [2.05, 4.69) is 32.8 Å². The van der Waals surface area contributed by atoms with Gasteiger partial charge >= 0.3 is 0 Å². The molecule has 0 amide bonds. The molecule has 0 saturated carbocycles. The number of rotatable bonds is 2. The van der Waals surface area contributed by atoms with E-state index < -0.39 is 0 Å². The van der Waals surface area contributed by atoms with Crippen LogP contribution in [0.25, 0.3) is 0 Å². The summed E-state index contributed by atoms with van der Waals surface area (Å²) in [6.45, 7) is 8.05. The lowest BCUT2D eigenvalue weighted by atomic mass is 10.0. The molecule has 3 unspecified atom stereocenters. The SMILES string of the molecule is CC1C(C)[N+](C)(CCO)CCN1C. The third kappa shape index (κ3) is 2.03. The molecular formula is C10H23N2O+. The predicted octanol–water partition coefficient (Wildman–Crippen LogP) is 0.148. The maximum absolute atomic E-state index is 9.02. The van der Waals surface area contributed by atoms with Crippen molar-refractivity contribution in [1.29, 1.82) is 0 Å². The van der Waals surface area contributed by atoms with Crippen molar-refractivity contribution in [2.24, 2.45) is 0 Å². The maximum Gasteiger partial charge on any atom is 0.102 e. The number of aliphatic hydroxyl groups is 1. The third-order valence-electron chi connectivity index (χ3n) is 3.95. The van der Waals surface area contributed by atoms with Gasteiger partial charge < -0.3 is 9.59 Å². The quantitative estimate of drug-likeness (QED) is 0.622. The van der Waals surface area contributed by atoms with Crippen molar-refractivity contribution >= 4 is 0 Å². The topological polar surface area (TPSA) is 23.5 Å². The fourth-order valence-electron chi connectivity index (χ4n) is 2.23. The third-order valence-corrected chi connectivity index (χ3v) is 3.95. The van der Waals surface area contributed by atoms with Crippen LogP contribution in [-0.2, 0) is 0 Å². The Kier molecular flexibility index (Phi) is 3.33. The largest absolute Gasteiger partial charge is 0.391 e. The monoisotopic (exact) mass is 187 g/mol. The van der Waals surface area contributed by atoms with Crippen LogP contribution in [0.4, 0.5) is 0 Å². The highest BCUT2D eigenvalue weighted by molar-refractivity contribution is 4.75. The van der Waals surface area contributed by atoms with Gasteiger partial charge in [0.1, 0.15) is 12.6 Å². The fraction of sp³-hybridized carbons (Fsp3) is 1.00. The summed E-state index contributed by atoms with van der Waals surface area (Å²) < 4.78 is 1.02. The molecule has 0 spiro atoms. The minimum atomic E-state index is 0.303. The Balaban J connectivity index is 2.67. The normalized spacial score (nSPS) is 42.2. The van der Waals surface area contributed by atoms with Gasteiger partial charge in [-0.05, 0) is 20.9 Å². The standard InChI is InChI=1S/C10H23N2O/c1-9-10(2)12(4,7-8-13)6-5-11(9)3/h9-10,13H,5-8H2,1-4H3/q+1. The van der Waals surface area contributed by atoms with Gasteiger partial charge in [-0.15, -0.1) is 0 Å². The van der Waals surface area contributed by atoms with Gasteiger partial charge in [0.2, 0.25) is 0 Å². The van der Waals surface area contributed by atoms with E-state index in [1.807, 2.05) is 0 Å². The zero-order valence-corrected chi connectivity index (χ0v) is 9.32. The predicted molar refractivity (Wildman–Crippen MR) is 54.6 cm³/mol. The van der Waals surface area contributed by atoms with Crippen molar-refractivity contribution in [2.45, 2.75) is 25.9 Å². The van der Waals surface area contributed by atoms with E-state index in [9.17, 15) is 0 Å². The second-order valence-electron chi connectivity index (χ2n) is 4.61. The van der Waals surface area contributed by atoms with Gasteiger partial charge in [0.05, 0.1) is 26.2 Å². The van der Waals surface area contributed by atoms with Crippen LogP contribution in [0.15, 0.2) is 0 Å². The minimum Gasteiger partial charge on any atom is -0.391 e. The smallest absolute Gasteiger partial charge is 0.102 e. The molecule has 3 heteroatoms. The highest BCUT2D eigenvalue weighted by Gasteiger charge is 2.38. The molecule has 1 heterocycles. The first kappa shape index (κ1) is 11.0. The molecule has 3 atom stereocenters. The van der Waals surface area contributed by atoms with Gasteiger partial charge in [0.15, 0.2) is 0 Å². The molecule has 1 fully saturated rings. The van der Waals surface area contributed by atoms with Gasteiger partial charge in [0, 0.05) is 6.54 Å². The van der Waals surface area contributed by atoms with Crippen molar-refractivity contribution in [2.75, 3.05) is 40.3 Å². The number of nitrogens with zero attached hydrogens (tertiary/aromatic N) is 2. The van der Waals surface area contributed by atoms with Crippen LogP contribution in [0.1, 0.15) is 13.8 Å². The van der Waals surface area contributed by atoms with Crippen LogP contribution in [0.2, 0.25) is 0 Å². The Morgan fingerprint density at radius 2 is 2.08 bits per heavy atom. The van der Waals surface area contributed by atoms with E-state index in [4.69, 9.17) is 5.11 Å². The van der Waals surface area contributed by atoms with E-state index in [-0.39, 0.29) is 0 Å². The first-order chi connectivity index (χ1) is 6.01. The first-order valence-corrected chi connectivity index (χ1v) is 5.16. The number of piperazine rings is 1. The van der Waals surface area contributed by atoms with Crippen molar-refractivity contribution < 1.29 is 9.59 Å². The van der Waals surface area contributed by atoms with E-state index in [0.717, 1.165) is 24.1 Å². The molecule has 0 aliphatic carbocycles. The van der Waals surface area contributed by atoms with Gasteiger partial charge in [-0.25, -0.2) is 0 Å². The molecule has 0 aromatic rings. The number of likely N-dealkylation sites (N-methyl/N-ethyl adjacent to an activating group) is 2. The van der Waals surface area contributed by atoms with E-state index in [0.29, 0.717) is 18.7 Å². The number of aliphatic hydroxyl groups excluding tert-OH is 1. The molecule has 0 aromatic heterocycles. The molecule has 78 valence electrons. The summed E-state index contributed by atoms with van der Waals surface area (Å²) in [4.78, 5) is 2.40. The highest BCUT2D eigenvalue weighted by Crippen LogP contribution is 2.21. The minimum absolute atomic E-state index is 0.303. The molecule has 3 nitrogen and oxygen atoms in total. The molecule has 0 aromatic carbocycles. The number of hydrogen-bond acceptors (Lipinski definition) is 2. The van der Waals surface area contributed by atoms with Gasteiger partial charge in [-0.3, -0.25) is 4.90 Å². The molecule has 1 aliphatic rings. The fourth-order valence-corrected chi connectivity index (χ4v) is 2.23. The van der Waals surface area contributed by atoms with Crippen LogP contribution in [0, 0.1) is 0 Å². The van der Waals surface area contributed by atoms with Gasteiger partial charge in [-0.1, -0.05) is 0 Å². The number of hydrogen-bond donors (Lipinski definition) is 1. The Morgan fingerprint density at radius 1 is 1.46 bits per heavy atom. The molecule has 1 rings (SSSR count). The molecular weight excluding hydrogens is 164 g/mol. The molecule has 0 radical (unpaired) electrons. The summed E-state index contributed by atoms with van der Waals surface area (Å²) in [5.74, 6) is 0. The zero-order valence-electron chi connectivity index (χ0n) is 9.32. The molecule has 1 saturated heterocycles. The van der Waals surface area contributed by atoms with Crippen LogP contribution in [0.3, 0.4) is 0 Å². The van der Waals surface area contributed by atoms with E-state index in [1.54, 1.807) is 0 Å². The molecule has 0 bridgehead atoms. The average molecular weight is 187 g/mol. The second-order valence-corrected chi connectivity index (χ2v) is 4.61. The Labute approximate surface area is 81.5 Å².